The van der Waals surface area contributed by atoms with Crippen LogP contribution in [-0.2, 0) is 11.3 Å². The van der Waals surface area contributed by atoms with Gasteiger partial charge in [0.15, 0.2) is 0 Å². The van der Waals surface area contributed by atoms with Crippen LogP contribution in [0.1, 0.15) is 12.5 Å². The third kappa shape index (κ3) is 4.65. The first-order chi connectivity index (χ1) is 10.9. The number of thioether (sulfide) groups is 1. The fourth-order valence-electron chi connectivity index (χ4n) is 1.75. The summed E-state index contributed by atoms with van der Waals surface area (Å²) in [4.78, 5) is 9.38. The van der Waals surface area contributed by atoms with E-state index < -0.39 is 19.1 Å². The van der Waals surface area contributed by atoms with E-state index in [2.05, 4.69) is 14.7 Å². The van der Waals surface area contributed by atoms with Crippen molar-refractivity contribution in [1.82, 2.24) is 9.97 Å². The van der Waals surface area contributed by atoms with Crippen molar-refractivity contribution in [1.29, 1.82) is 0 Å². The Labute approximate surface area is 135 Å². The summed E-state index contributed by atoms with van der Waals surface area (Å²) in [7, 11) is 0. The summed E-state index contributed by atoms with van der Waals surface area (Å²) in [5.74, 6) is 0.868. The van der Waals surface area contributed by atoms with E-state index in [0.717, 1.165) is 10.6 Å². The van der Waals surface area contributed by atoms with Crippen molar-refractivity contribution in [2.45, 2.75) is 31.0 Å². The molecule has 23 heavy (non-hydrogen) atoms. The predicted octanol–water partition coefficient (Wildman–Crippen LogP) is 4.63. The standard InChI is InChI=1S/C15H14F4N2OS/c1-2-23-12-4-3-7-20-13(12)11-6-5-10(8-21-11)9-22-15(18,19)14(16)17/h3-8,14H,2,9H2,1H3. The van der Waals surface area contributed by atoms with E-state index in [1.165, 1.54) is 12.3 Å². The summed E-state index contributed by atoms with van der Waals surface area (Å²) >= 11 is 1.61. The van der Waals surface area contributed by atoms with Gasteiger partial charge in [0.25, 0.3) is 0 Å². The van der Waals surface area contributed by atoms with Crippen LogP contribution < -0.4 is 0 Å². The van der Waals surface area contributed by atoms with Crippen molar-refractivity contribution >= 4 is 11.8 Å². The molecule has 2 aromatic rings. The lowest BCUT2D eigenvalue weighted by Gasteiger charge is -2.15. The molecule has 2 heterocycles. The fourth-order valence-corrected chi connectivity index (χ4v) is 2.53. The minimum atomic E-state index is -4.47. The van der Waals surface area contributed by atoms with Crippen molar-refractivity contribution in [3.05, 3.63) is 42.2 Å². The maximum Gasteiger partial charge on any atom is 0.416 e. The van der Waals surface area contributed by atoms with E-state index in [-0.39, 0.29) is 5.56 Å². The third-order valence-electron chi connectivity index (χ3n) is 2.82. The van der Waals surface area contributed by atoms with Gasteiger partial charge in [0.2, 0.25) is 0 Å². The van der Waals surface area contributed by atoms with Gasteiger partial charge in [-0.15, -0.1) is 11.8 Å². The summed E-state index contributed by atoms with van der Waals surface area (Å²) in [6, 6.07) is 6.83. The van der Waals surface area contributed by atoms with Gasteiger partial charge < -0.3 is 4.74 Å². The molecule has 0 aliphatic rings. The Morgan fingerprint density at radius 3 is 2.61 bits per heavy atom. The molecule has 3 nitrogen and oxygen atoms in total. The van der Waals surface area contributed by atoms with Crippen LogP contribution in [-0.4, -0.2) is 28.3 Å². The quantitative estimate of drug-likeness (QED) is 0.541. The molecule has 0 aliphatic carbocycles. The zero-order valence-electron chi connectivity index (χ0n) is 12.2. The lowest BCUT2D eigenvalue weighted by Crippen LogP contribution is -2.29. The van der Waals surface area contributed by atoms with Crippen molar-refractivity contribution < 1.29 is 22.3 Å². The highest BCUT2D eigenvalue weighted by atomic mass is 32.2. The number of hydrogen-bond acceptors (Lipinski definition) is 4. The normalized spacial score (nSPS) is 11.9. The van der Waals surface area contributed by atoms with E-state index in [0.29, 0.717) is 11.4 Å². The minimum absolute atomic E-state index is 0.273. The average Bonchev–Trinajstić information content (AvgIpc) is 2.54. The second-order valence-corrected chi connectivity index (χ2v) is 5.79. The van der Waals surface area contributed by atoms with Crippen LogP contribution in [0.25, 0.3) is 11.4 Å². The van der Waals surface area contributed by atoms with Gasteiger partial charge in [-0.05, 0) is 29.5 Å². The van der Waals surface area contributed by atoms with Gasteiger partial charge >= 0.3 is 12.5 Å². The lowest BCUT2D eigenvalue weighted by molar-refractivity contribution is -0.305. The molecular formula is C15H14F4N2OS. The number of ether oxygens (including phenoxy) is 1. The summed E-state index contributed by atoms with van der Waals surface area (Å²) in [5, 5.41) is 0. The summed E-state index contributed by atoms with van der Waals surface area (Å²) < 4.78 is 53.4. The molecule has 0 amide bonds. The number of hydrogen-bond donors (Lipinski definition) is 0. The summed E-state index contributed by atoms with van der Waals surface area (Å²) in [5.41, 5.74) is 1.53. The minimum Gasteiger partial charge on any atom is -0.311 e. The Balaban J connectivity index is 2.11. The van der Waals surface area contributed by atoms with Gasteiger partial charge in [-0.25, -0.2) is 8.78 Å². The molecule has 0 aliphatic heterocycles. The molecule has 2 aromatic heterocycles. The van der Waals surface area contributed by atoms with Crippen LogP contribution >= 0.6 is 11.8 Å². The van der Waals surface area contributed by atoms with Crippen LogP contribution in [0.5, 0.6) is 0 Å². The number of aromatic nitrogens is 2. The topological polar surface area (TPSA) is 35.0 Å². The highest BCUT2D eigenvalue weighted by molar-refractivity contribution is 7.99. The summed E-state index contributed by atoms with van der Waals surface area (Å²) in [6.07, 6.45) is -5.38. The Morgan fingerprint density at radius 2 is 2.00 bits per heavy atom. The summed E-state index contributed by atoms with van der Waals surface area (Å²) in [6.45, 7) is 1.36. The Bertz CT molecular complexity index is 638. The fraction of sp³-hybridized carbons (Fsp3) is 0.333. The van der Waals surface area contributed by atoms with Crippen LogP contribution in [0.4, 0.5) is 17.6 Å². The highest BCUT2D eigenvalue weighted by Crippen LogP contribution is 2.29. The molecule has 0 radical (unpaired) electrons. The van der Waals surface area contributed by atoms with Crippen molar-refractivity contribution in [3.63, 3.8) is 0 Å². The first-order valence-electron chi connectivity index (χ1n) is 6.77. The molecule has 0 unspecified atom stereocenters. The molecule has 2 rings (SSSR count). The van der Waals surface area contributed by atoms with Crippen molar-refractivity contribution in [2.24, 2.45) is 0 Å². The maximum absolute atomic E-state index is 12.7. The second kappa shape index (κ2) is 7.74. The van der Waals surface area contributed by atoms with Crippen molar-refractivity contribution in [2.75, 3.05) is 5.75 Å². The molecule has 0 bridgehead atoms. The Morgan fingerprint density at radius 1 is 1.22 bits per heavy atom. The third-order valence-corrected chi connectivity index (χ3v) is 3.75. The Kier molecular flexibility index (Phi) is 5.95. The Hall–Kier alpha value is -1.67. The van der Waals surface area contributed by atoms with Gasteiger partial charge in [0, 0.05) is 17.3 Å². The molecule has 0 saturated carbocycles. The van der Waals surface area contributed by atoms with E-state index in [9.17, 15) is 17.6 Å². The number of halogens is 4. The van der Waals surface area contributed by atoms with Gasteiger partial charge in [0.05, 0.1) is 12.3 Å². The van der Waals surface area contributed by atoms with Gasteiger partial charge in [-0.2, -0.15) is 8.78 Å². The smallest absolute Gasteiger partial charge is 0.311 e. The monoisotopic (exact) mass is 346 g/mol. The molecule has 124 valence electrons. The number of pyridine rings is 2. The van der Waals surface area contributed by atoms with E-state index in [4.69, 9.17) is 0 Å². The van der Waals surface area contributed by atoms with Crippen LogP contribution in [0.3, 0.4) is 0 Å². The number of rotatable bonds is 7. The molecule has 0 atom stereocenters. The number of nitrogens with zero attached hydrogens (tertiary/aromatic N) is 2. The zero-order chi connectivity index (χ0) is 16.9. The van der Waals surface area contributed by atoms with Gasteiger partial charge in [-0.1, -0.05) is 13.0 Å². The molecule has 8 heteroatoms. The highest BCUT2D eigenvalue weighted by Gasteiger charge is 2.42. The second-order valence-electron chi connectivity index (χ2n) is 4.49. The van der Waals surface area contributed by atoms with E-state index >= 15 is 0 Å². The molecule has 0 spiro atoms. The average molecular weight is 346 g/mol. The molecule has 0 fully saturated rings. The lowest BCUT2D eigenvalue weighted by atomic mass is 10.2. The SMILES string of the molecule is CCSc1cccnc1-c1ccc(COC(F)(F)C(F)F)cn1. The molecule has 0 saturated heterocycles. The maximum atomic E-state index is 12.7. The van der Waals surface area contributed by atoms with Crippen molar-refractivity contribution in [3.8, 4) is 11.4 Å². The van der Waals surface area contributed by atoms with E-state index in [1.807, 2.05) is 19.1 Å². The predicted molar refractivity (Wildman–Crippen MR) is 79.6 cm³/mol. The van der Waals surface area contributed by atoms with Crippen LogP contribution in [0, 0.1) is 0 Å². The van der Waals surface area contributed by atoms with Crippen LogP contribution in [0.15, 0.2) is 41.6 Å². The molecular weight excluding hydrogens is 332 g/mol. The number of alkyl halides is 4. The van der Waals surface area contributed by atoms with Crippen LogP contribution in [0.2, 0.25) is 0 Å². The first kappa shape index (κ1) is 17.7. The zero-order valence-corrected chi connectivity index (χ0v) is 13.0. The van der Waals surface area contributed by atoms with Gasteiger partial charge in [0.1, 0.15) is 5.69 Å². The molecule has 0 aromatic carbocycles. The largest absolute Gasteiger partial charge is 0.416 e. The van der Waals surface area contributed by atoms with E-state index in [1.54, 1.807) is 24.0 Å². The first-order valence-corrected chi connectivity index (χ1v) is 7.75. The molecule has 0 N–H and O–H groups in total. The van der Waals surface area contributed by atoms with Gasteiger partial charge in [-0.3, -0.25) is 9.97 Å².